The highest BCUT2D eigenvalue weighted by molar-refractivity contribution is 5.60. The van der Waals surface area contributed by atoms with E-state index in [1.54, 1.807) is 38.1 Å². The van der Waals surface area contributed by atoms with Gasteiger partial charge in [0.15, 0.2) is 104 Å². The van der Waals surface area contributed by atoms with Crippen LogP contribution in [-0.2, 0) is 57.5 Å². The van der Waals surface area contributed by atoms with E-state index in [4.69, 9.17) is 56.8 Å². The molecule has 4 fully saturated rings. The summed E-state index contributed by atoms with van der Waals surface area (Å²) in [5.41, 5.74) is 2.68. The van der Waals surface area contributed by atoms with Crippen LogP contribution in [0.15, 0.2) is 72.8 Å². The van der Waals surface area contributed by atoms with E-state index in [-0.39, 0.29) is 172 Å². The zero-order valence-electron chi connectivity index (χ0n) is 74.0. The molecule has 8 aromatic carbocycles. The Balaban J connectivity index is 0.000000150. The lowest BCUT2D eigenvalue weighted by molar-refractivity contribution is -0.266. The summed E-state index contributed by atoms with van der Waals surface area (Å²) in [7, 11) is 0. The molecule has 0 bridgehead atoms. The molecule has 8 aromatic rings. The van der Waals surface area contributed by atoms with E-state index in [1.165, 1.54) is 24.3 Å². The first-order valence-electron chi connectivity index (χ1n) is 45.0. The predicted octanol–water partition coefficient (Wildman–Crippen LogP) is 28.2. The Labute approximate surface area is 751 Å². The molecule has 0 aromatic heterocycles. The predicted molar refractivity (Wildman–Crippen MR) is 445 cm³/mol. The topological polar surface area (TPSA) is 129 Å². The van der Waals surface area contributed by atoms with Crippen LogP contribution in [0, 0.1) is 93.5 Å². The molecule has 0 radical (unpaired) electrons. The molecule has 8 unspecified atom stereocenters. The molecule has 0 spiro atoms. The molecule has 8 heterocycles. The number of fused-ring (bicyclic) bond motifs is 8. The molecule has 0 N–H and O–H groups in total. The quantitative estimate of drug-likeness (QED) is 0.0431. The number of alkyl halides is 8. The summed E-state index contributed by atoms with van der Waals surface area (Å²) in [5, 5.41) is 0. The first kappa shape index (κ1) is 99.7. The molecule has 8 atom stereocenters. The van der Waals surface area contributed by atoms with Crippen LogP contribution >= 0.6 is 0 Å². The molecule has 0 saturated carbocycles. The van der Waals surface area contributed by atoms with Crippen molar-refractivity contribution >= 4 is 0 Å². The third-order valence-corrected chi connectivity index (χ3v) is 24.4. The first-order valence-corrected chi connectivity index (χ1v) is 45.0. The van der Waals surface area contributed by atoms with Crippen molar-refractivity contribution in [2.24, 2.45) is 23.7 Å². The van der Waals surface area contributed by atoms with Crippen molar-refractivity contribution in [1.29, 1.82) is 0 Å². The van der Waals surface area contributed by atoms with Crippen molar-refractivity contribution < 1.29 is 154 Å². The maximum absolute atomic E-state index is 14.8. The molecule has 132 heavy (non-hydrogen) atoms. The molecule has 34 heteroatoms. The lowest BCUT2D eigenvalue weighted by atomic mass is 9.94. The van der Waals surface area contributed by atoms with Gasteiger partial charge < -0.3 is 66.3 Å². The van der Waals surface area contributed by atoms with E-state index in [0.717, 1.165) is 75.6 Å². The van der Waals surface area contributed by atoms with Crippen molar-refractivity contribution in [2.45, 2.75) is 258 Å². The van der Waals surface area contributed by atoms with Crippen molar-refractivity contribution in [3.63, 3.8) is 0 Å². The SMILES string of the molecule is CCCC1CCC(C(F)(F)Oc2cc3c(c(F)c2F)Oc2c(ccc(OCC)c2F)C3)CO1.CCCC1CCC(C(F)(F)Oc2cc3c(c(F)c2F)Oc2c(ccc(OCC)c2F)C3)OC1.CCCc1ccc2c(c1F)Oc1c(cc(OC(F)(F)C3CCC(CCC)CO3)c(F)c1F)C2.CCCc1ccc2c(c1F)Oc1c(cc(OC(F)(F)C3CCC(CCC)OC3)c(F)c1F)C2. The highest BCUT2D eigenvalue weighted by Gasteiger charge is 2.51. The van der Waals surface area contributed by atoms with Gasteiger partial charge in [-0.2, -0.15) is 79.0 Å². The fraction of sp³-hybridized carbons (Fsp3) is 0.510. The van der Waals surface area contributed by atoms with Crippen LogP contribution in [-0.4, -0.2) is 88.5 Å². The number of halogens is 20. The van der Waals surface area contributed by atoms with Crippen LogP contribution in [0.1, 0.15) is 227 Å². The maximum Gasteiger partial charge on any atom is 0.424 e. The minimum Gasteiger partial charge on any atom is -0.491 e. The number of ether oxygens (including phenoxy) is 14. The van der Waals surface area contributed by atoms with Crippen molar-refractivity contribution in [3.05, 3.63) is 198 Å². The second-order valence-electron chi connectivity index (χ2n) is 34.0. The molecular formula is C98H104F20O14. The van der Waals surface area contributed by atoms with E-state index in [9.17, 15) is 87.8 Å². The van der Waals surface area contributed by atoms with E-state index < -0.39 is 164 Å². The average molecular weight is 1890 g/mol. The molecule has 0 aliphatic carbocycles. The van der Waals surface area contributed by atoms with Gasteiger partial charge in [-0.15, -0.1) is 0 Å². The van der Waals surface area contributed by atoms with Crippen molar-refractivity contribution in [2.75, 3.05) is 39.6 Å². The molecule has 16 rings (SSSR count). The van der Waals surface area contributed by atoms with Crippen molar-refractivity contribution in [1.82, 2.24) is 0 Å². The highest BCUT2D eigenvalue weighted by Crippen LogP contribution is 2.53. The number of benzene rings is 8. The summed E-state index contributed by atoms with van der Waals surface area (Å²) in [6.07, 6.45) is -6.93. The van der Waals surface area contributed by atoms with Crippen LogP contribution < -0.4 is 47.4 Å². The van der Waals surface area contributed by atoms with Gasteiger partial charge in [0.05, 0.1) is 63.7 Å². The average Bonchev–Trinajstić information content (AvgIpc) is 0.766. The fourth-order valence-electron chi connectivity index (χ4n) is 17.5. The fourth-order valence-corrected chi connectivity index (χ4v) is 17.5. The van der Waals surface area contributed by atoms with Gasteiger partial charge in [-0.3, -0.25) is 0 Å². The molecule has 720 valence electrons. The first-order chi connectivity index (χ1) is 63.0. The van der Waals surface area contributed by atoms with E-state index in [1.807, 2.05) is 41.5 Å². The lowest BCUT2D eigenvalue weighted by Crippen LogP contribution is -2.44. The van der Waals surface area contributed by atoms with E-state index in [0.29, 0.717) is 84.7 Å². The molecule has 4 saturated heterocycles. The Morgan fingerprint density at radius 1 is 0.273 bits per heavy atom. The largest absolute Gasteiger partial charge is 0.491 e. The Morgan fingerprint density at radius 3 is 0.826 bits per heavy atom. The molecule has 8 aliphatic heterocycles. The van der Waals surface area contributed by atoms with E-state index in [2.05, 4.69) is 9.47 Å². The zero-order chi connectivity index (χ0) is 95.0. The summed E-state index contributed by atoms with van der Waals surface area (Å²) in [6, 6.07) is 16.3. The van der Waals surface area contributed by atoms with Gasteiger partial charge in [0.1, 0.15) is 0 Å². The Morgan fingerprint density at radius 2 is 0.561 bits per heavy atom. The molecule has 8 aliphatic rings. The van der Waals surface area contributed by atoms with Gasteiger partial charge in [0, 0.05) is 70.2 Å². The Bertz CT molecular complexity index is 4720. The minimum absolute atomic E-state index is 0.00163. The highest BCUT2D eigenvalue weighted by atomic mass is 19.3. The van der Waals surface area contributed by atoms with Crippen LogP contribution in [0.5, 0.6) is 80.5 Å². The normalized spacial score (nSPS) is 20.0. The smallest absolute Gasteiger partial charge is 0.424 e. The van der Waals surface area contributed by atoms with Gasteiger partial charge in [-0.25, -0.2) is 8.78 Å². The number of rotatable bonds is 28. The van der Waals surface area contributed by atoms with Gasteiger partial charge in [0.25, 0.3) is 0 Å². The summed E-state index contributed by atoms with van der Waals surface area (Å²) >= 11 is 0. The standard InChI is InChI=1S/2C25H27F5O3.2C24H25F5O4/c1-3-5-14-7-10-19(31-13-14)25(29,30)33-18-12-17-11-16-9-8-15(6-4-2)20(26)23(16)32-24(17)22(28)21(18)27;1-3-5-14-7-8-15-11-16-12-19(21(27)22(28)24(16)32-23(15)20(14)26)33-25(29,30)17-9-10-18(6-4-2)31-13-17;1-3-5-16-8-7-15(12-31-16)24(28,29)33-18-11-14-10-13-6-9-17(30-4-2)20(26)22(13)32-23(14)21(27)19(18)25;1-3-5-13-6-9-18(31-12-13)24(28,29)33-17-11-15-10-14-7-8-16(30-4-2)20(26)22(14)32-23(15)21(27)19(17)25/h8-9,12,14,19H,3-7,10-11,13H2,1-2H3;7-8,12,17-18H,3-6,9-11,13H2,1-2H3;6,9,11,15-16H,3-5,7-8,10,12H2,1-2H3;7-8,11,13,18H,3-6,9-10,12H2,1-2H3. The Kier molecular flexibility index (Phi) is 32.3. The second-order valence-corrected chi connectivity index (χ2v) is 34.0. The van der Waals surface area contributed by atoms with Gasteiger partial charge in [0.2, 0.25) is 58.2 Å². The van der Waals surface area contributed by atoms with Crippen LogP contribution in [0.25, 0.3) is 0 Å². The lowest BCUT2D eigenvalue weighted by Gasteiger charge is -2.33. The number of hydrogen-bond acceptors (Lipinski definition) is 14. The maximum atomic E-state index is 14.8. The monoisotopic (exact) mass is 1880 g/mol. The van der Waals surface area contributed by atoms with E-state index >= 15 is 0 Å². The zero-order valence-corrected chi connectivity index (χ0v) is 74.0. The van der Waals surface area contributed by atoms with Crippen molar-refractivity contribution in [3.8, 4) is 80.5 Å². The third kappa shape index (κ3) is 22.1. The summed E-state index contributed by atoms with van der Waals surface area (Å²) in [6.45, 7) is 15.4. The second kappa shape index (κ2) is 42.8. The molecule has 0 amide bonds. The third-order valence-electron chi connectivity index (χ3n) is 24.4. The van der Waals surface area contributed by atoms with Gasteiger partial charge >= 0.3 is 24.4 Å². The number of aryl methyl sites for hydroxylation is 2. The van der Waals surface area contributed by atoms with Gasteiger partial charge in [-0.05, 0) is 163 Å². The summed E-state index contributed by atoms with van der Waals surface area (Å²) in [4.78, 5) is 0. The number of hydrogen-bond donors (Lipinski definition) is 0. The van der Waals surface area contributed by atoms with Crippen LogP contribution in [0.2, 0.25) is 0 Å². The Hall–Kier alpha value is -9.80. The van der Waals surface area contributed by atoms with Crippen LogP contribution in [0.4, 0.5) is 87.8 Å². The molecular weight excluding hydrogens is 1780 g/mol. The minimum atomic E-state index is -3.86. The van der Waals surface area contributed by atoms with Crippen LogP contribution in [0.3, 0.4) is 0 Å². The molecule has 14 nitrogen and oxygen atoms in total. The summed E-state index contributed by atoms with van der Waals surface area (Å²) in [5.74, 6) is -24.5. The van der Waals surface area contributed by atoms with Gasteiger partial charge in [-0.1, -0.05) is 116 Å². The summed E-state index contributed by atoms with van der Waals surface area (Å²) < 4.78 is 367.